The van der Waals surface area contributed by atoms with E-state index in [1.54, 1.807) is 49.5 Å². The zero-order valence-corrected chi connectivity index (χ0v) is 15.5. The number of carboxylic acid groups (broad SMARTS) is 1. The number of carbonyl (C=O) groups is 1. The number of hydrogen-bond donors (Lipinski definition) is 1. The Hall–Kier alpha value is -3.80. The predicted molar refractivity (Wildman–Crippen MR) is 105 cm³/mol. The smallest absolute Gasteiger partial charge is 0.339 e. The van der Waals surface area contributed by atoms with Crippen LogP contribution in [0, 0.1) is 0 Å². The van der Waals surface area contributed by atoms with Crippen LogP contribution in [-0.4, -0.2) is 23.2 Å². The van der Waals surface area contributed by atoms with Crippen molar-refractivity contribution in [3.63, 3.8) is 0 Å². The maximum absolute atomic E-state index is 11.7. The molecule has 6 heteroatoms. The Morgan fingerprint density at radius 2 is 1.64 bits per heavy atom. The van der Waals surface area contributed by atoms with Crippen LogP contribution in [0.2, 0.25) is 0 Å². The van der Waals surface area contributed by atoms with E-state index in [0.717, 1.165) is 0 Å². The number of allylic oxidation sites excluding steroid dienone is 1. The van der Waals surface area contributed by atoms with Crippen molar-refractivity contribution in [2.45, 2.75) is 6.92 Å². The molecule has 0 aliphatic heterocycles. The fourth-order valence-corrected chi connectivity index (χ4v) is 2.57. The van der Waals surface area contributed by atoms with E-state index in [0.29, 0.717) is 22.8 Å². The molecule has 0 aliphatic rings. The normalized spacial score (nSPS) is 11.4. The summed E-state index contributed by atoms with van der Waals surface area (Å²) in [4.78, 5) is 15.9. The predicted octanol–water partition coefficient (Wildman–Crippen LogP) is 5.13. The minimum atomic E-state index is -1.11. The van der Waals surface area contributed by atoms with Gasteiger partial charge in [-0.15, -0.1) is 0 Å². The Kier molecular flexibility index (Phi) is 5.91. The number of methoxy groups -OCH3 is 1. The van der Waals surface area contributed by atoms with Crippen molar-refractivity contribution in [3.8, 4) is 23.1 Å². The molecular weight excluding hydrogens is 358 g/mol. The minimum Gasteiger partial charge on any atom is -0.500 e. The Bertz CT molecular complexity index is 999. The van der Waals surface area contributed by atoms with E-state index in [1.807, 2.05) is 30.3 Å². The molecule has 28 heavy (non-hydrogen) atoms. The number of rotatable bonds is 7. The van der Waals surface area contributed by atoms with Gasteiger partial charge in [-0.2, -0.15) is 0 Å². The van der Waals surface area contributed by atoms with Crippen LogP contribution in [0.25, 0.3) is 5.57 Å². The summed E-state index contributed by atoms with van der Waals surface area (Å²) in [5.41, 5.74) is 0.417. The molecule has 1 heterocycles. The van der Waals surface area contributed by atoms with Gasteiger partial charge in [0.05, 0.1) is 7.11 Å². The third kappa shape index (κ3) is 4.48. The molecule has 0 spiro atoms. The van der Waals surface area contributed by atoms with Crippen molar-refractivity contribution >= 4 is 11.5 Å². The van der Waals surface area contributed by atoms with Gasteiger partial charge in [0.15, 0.2) is 0 Å². The van der Waals surface area contributed by atoms with Gasteiger partial charge in [0.2, 0.25) is 5.88 Å². The lowest BCUT2D eigenvalue weighted by atomic mass is 10.0. The lowest BCUT2D eigenvalue weighted by Gasteiger charge is -2.13. The van der Waals surface area contributed by atoms with Gasteiger partial charge < -0.3 is 19.3 Å². The molecule has 0 saturated heterocycles. The second kappa shape index (κ2) is 8.73. The first-order chi connectivity index (χ1) is 13.6. The van der Waals surface area contributed by atoms with E-state index in [1.165, 1.54) is 7.11 Å². The third-order valence-corrected chi connectivity index (χ3v) is 3.93. The van der Waals surface area contributed by atoms with Crippen molar-refractivity contribution in [2.75, 3.05) is 7.11 Å². The fourth-order valence-electron chi connectivity index (χ4n) is 2.57. The van der Waals surface area contributed by atoms with Crippen LogP contribution in [0.1, 0.15) is 12.5 Å². The van der Waals surface area contributed by atoms with E-state index >= 15 is 0 Å². The van der Waals surface area contributed by atoms with Crippen molar-refractivity contribution in [1.29, 1.82) is 0 Å². The van der Waals surface area contributed by atoms with Crippen LogP contribution in [-0.2, 0) is 9.53 Å². The summed E-state index contributed by atoms with van der Waals surface area (Å²) < 4.78 is 16.8. The molecular formula is C22H19NO5. The van der Waals surface area contributed by atoms with Crippen molar-refractivity contribution in [3.05, 3.63) is 84.2 Å². The molecule has 0 bridgehead atoms. The van der Waals surface area contributed by atoms with E-state index < -0.39 is 5.97 Å². The molecule has 6 nitrogen and oxygen atoms in total. The number of ether oxygens (including phenoxy) is 3. The highest BCUT2D eigenvalue weighted by molar-refractivity contribution is 6.16. The molecule has 0 saturated carbocycles. The van der Waals surface area contributed by atoms with Crippen LogP contribution in [0.3, 0.4) is 0 Å². The Labute approximate surface area is 162 Å². The first-order valence-electron chi connectivity index (χ1n) is 8.53. The SMILES string of the molecule is CO/C(C)=C(/C(=O)O)c1ccccc1Oc1cc(Oc2ccccc2)ccn1. The first-order valence-corrected chi connectivity index (χ1v) is 8.53. The summed E-state index contributed by atoms with van der Waals surface area (Å²) in [6, 6.07) is 19.5. The number of aliphatic carboxylic acids is 1. The third-order valence-electron chi connectivity index (χ3n) is 3.93. The van der Waals surface area contributed by atoms with Crippen LogP contribution in [0.5, 0.6) is 23.1 Å². The molecule has 3 rings (SSSR count). The molecule has 1 N–H and O–H groups in total. The Morgan fingerprint density at radius 1 is 0.929 bits per heavy atom. The van der Waals surface area contributed by atoms with Crippen molar-refractivity contribution < 1.29 is 24.1 Å². The summed E-state index contributed by atoms with van der Waals surface area (Å²) in [5, 5.41) is 9.60. The summed E-state index contributed by atoms with van der Waals surface area (Å²) in [7, 11) is 1.42. The van der Waals surface area contributed by atoms with Crippen molar-refractivity contribution in [2.24, 2.45) is 0 Å². The van der Waals surface area contributed by atoms with Gasteiger partial charge in [-0.1, -0.05) is 36.4 Å². The zero-order valence-electron chi connectivity index (χ0n) is 15.5. The van der Waals surface area contributed by atoms with Crippen LogP contribution in [0.4, 0.5) is 0 Å². The van der Waals surface area contributed by atoms with Crippen LogP contribution < -0.4 is 9.47 Å². The molecule has 0 amide bonds. The van der Waals surface area contributed by atoms with Crippen LogP contribution >= 0.6 is 0 Å². The maximum atomic E-state index is 11.7. The van der Waals surface area contributed by atoms with Gasteiger partial charge in [0.25, 0.3) is 0 Å². The summed E-state index contributed by atoms with van der Waals surface area (Å²) >= 11 is 0. The molecule has 1 aromatic heterocycles. The number of nitrogens with zero attached hydrogens (tertiary/aromatic N) is 1. The quantitative estimate of drug-likeness (QED) is 0.454. The molecule has 142 valence electrons. The molecule has 0 atom stereocenters. The summed E-state index contributed by atoms with van der Waals surface area (Å²) in [6.45, 7) is 1.59. The van der Waals surface area contributed by atoms with Gasteiger partial charge in [-0.3, -0.25) is 0 Å². The van der Waals surface area contributed by atoms with Crippen LogP contribution in [0.15, 0.2) is 78.7 Å². The number of pyridine rings is 1. The number of benzene rings is 2. The molecule has 0 unspecified atom stereocenters. The topological polar surface area (TPSA) is 77.9 Å². The number of para-hydroxylation sites is 2. The molecule has 3 aromatic rings. The van der Waals surface area contributed by atoms with E-state index in [2.05, 4.69) is 4.98 Å². The lowest BCUT2D eigenvalue weighted by Crippen LogP contribution is -2.05. The maximum Gasteiger partial charge on any atom is 0.339 e. The molecule has 0 aliphatic carbocycles. The number of hydrogen-bond acceptors (Lipinski definition) is 5. The van der Waals surface area contributed by atoms with Gasteiger partial charge in [-0.25, -0.2) is 9.78 Å². The summed E-state index contributed by atoms with van der Waals surface area (Å²) in [5.74, 6) is 1.03. The second-order valence-electron chi connectivity index (χ2n) is 5.78. The Balaban J connectivity index is 1.91. The first kappa shape index (κ1) is 19.0. The zero-order chi connectivity index (χ0) is 19.9. The highest BCUT2D eigenvalue weighted by Crippen LogP contribution is 2.33. The van der Waals surface area contributed by atoms with Gasteiger partial charge in [-0.05, 0) is 31.2 Å². The van der Waals surface area contributed by atoms with E-state index in [9.17, 15) is 9.90 Å². The largest absolute Gasteiger partial charge is 0.500 e. The van der Waals surface area contributed by atoms with Gasteiger partial charge >= 0.3 is 5.97 Å². The van der Waals surface area contributed by atoms with E-state index in [-0.39, 0.29) is 17.2 Å². The fraction of sp³-hybridized carbons (Fsp3) is 0.0909. The second-order valence-corrected chi connectivity index (χ2v) is 5.78. The average Bonchev–Trinajstić information content (AvgIpc) is 2.70. The highest BCUT2D eigenvalue weighted by Gasteiger charge is 2.20. The molecule has 2 aromatic carbocycles. The number of aromatic nitrogens is 1. The summed E-state index contributed by atoms with van der Waals surface area (Å²) in [6.07, 6.45) is 1.56. The van der Waals surface area contributed by atoms with Gasteiger partial charge in [0, 0.05) is 17.8 Å². The average molecular weight is 377 g/mol. The van der Waals surface area contributed by atoms with E-state index in [4.69, 9.17) is 14.2 Å². The van der Waals surface area contributed by atoms with Gasteiger partial charge in [0.1, 0.15) is 28.6 Å². The lowest BCUT2D eigenvalue weighted by molar-refractivity contribution is -0.130. The standard InChI is InChI=1S/C22H19NO5/c1-15(26-2)21(22(24)25)18-10-6-7-11-19(18)28-20-14-17(12-13-23-20)27-16-8-4-3-5-9-16/h3-14H,1-2H3,(H,24,25)/b21-15+. The number of carboxylic acids is 1. The van der Waals surface area contributed by atoms with Crippen molar-refractivity contribution in [1.82, 2.24) is 4.98 Å². The molecule has 0 radical (unpaired) electrons. The monoisotopic (exact) mass is 377 g/mol. The molecule has 0 fully saturated rings. The highest BCUT2D eigenvalue weighted by atomic mass is 16.5. The minimum absolute atomic E-state index is 0.0230. The Morgan fingerprint density at radius 3 is 2.36 bits per heavy atom.